The van der Waals surface area contributed by atoms with Crippen molar-refractivity contribution in [3.63, 3.8) is 0 Å². The minimum Gasteiger partial charge on any atom is -0.330 e. The Morgan fingerprint density at radius 1 is 1.33 bits per heavy atom. The van der Waals surface area contributed by atoms with Gasteiger partial charge in [-0.3, -0.25) is 9.80 Å². The van der Waals surface area contributed by atoms with Crippen LogP contribution in [0.5, 0.6) is 0 Å². The van der Waals surface area contributed by atoms with Gasteiger partial charge in [0.2, 0.25) is 5.91 Å². The van der Waals surface area contributed by atoms with Crippen molar-refractivity contribution in [2.75, 3.05) is 13.1 Å². The molecule has 0 bridgehead atoms. The molecule has 15 heavy (non-hydrogen) atoms. The third-order valence-corrected chi connectivity index (χ3v) is 3.56. The van der Waals surface area contributed by atoms with Gasteiger partial charge in [0.1, 0.15) is 0 Å². The molecule has 2 fully saturated rings. The molecule has 0 unspecified atom stereocenters. The Bertz CT molecular complexity index is 236. The lowest BCUT2D eigenvalue weighted by Crippen LogP contribution is -2.47. The number of nitrogens with one attached hydrogen (secondary N) is 1. The second-order valence-electron chi connectivity index (χ2n) is 4.82. The number of hydrogen-bond donors (Lipinski definition) is 2. The summed E-state index contributed by atoms with van der Waals surface area (Å²) in [5.74, 6) is 0.255. The molecule has 2 aliphatic rings. The van der Waals surface area contributed by atoms with Gasteiger partial charge >= 0.3 is 0 Å². The van der Waals surface area contributed by atoms with E-state index < -0.39 is 0 Å². The molecule has 0 aromatic carbocycles. The number of hydrazine groups is 1. The van der Waals surface area contributed by atoms with Gasteiger partial charge in [0, 0.05) is 18.5 Å². The normalized spacial score (nSPS) is 25.1. The molecule has 1 spiro atoms. The first-order chi connectivity index (χ1) is 7.26. The number of rotatable bonds is 3. The van der Waals surface area contributed by atoms with Crippen LogP contribution >= 0.6 is 0 Å². The lowest BCUT2D eigenvalue weighted by molar-refractivity contribution is -0.129. The number of hydrogen-bond acceptors (Lipinski definition) is 3. The molecule has 4 nitrogen and oxygen atoms in total. The van der Waals surface area contributed by atoms with E-state index in [1.165, 1.54) is 19.3 Å². The average Bonchev–Trinajstić information content (AvgIpc) is 2.53. The molecule has 3 N–H and O–H groups in total. The van der Waals surface area contributed by atoms with Crippen LogP contribution in [-0.4, -0.2) is 29.5 Å². The second-order valence-corrected chi connectivity index (χ2v) is 4.82. The monoisotopic (exact) mass is 211 g/mol. The van der Waals surface area contributed by atoms with Gasteiger partial charge in [0.25, 0.3) is 0 Å². The highest BCUT2D eigenvalue weighted by atomic mass is 16.2. The summed E-state index contributed by atoms with van der Waals surface area (Å²) >= 11 is 0. The quantitative estimate of drug-likeness (QED) is 0.725. The predicted octanol–water partition coefficient (Wildman–Crippen LogP) is 0.775. The molecular formula is C11H21N3O. The molecule has 1 aliphatic heterocycles. The van der Waals surface area contributed by atoms with E-state index in [0.717, 1.165) is 25.8 Å². The fraction of sp³-hybridized carbons (Fsp3) is 0.909. The van der Waals surface area contributed by atoms with Crippen molar-refractivity contribution in [1.29, 1.82) is 0 Å². The molecule has 2 rings (SSSR count). The van der Waals surface area contributed by atoms with E-state index in [1.54, 1.807) is 5.01 Å². The van der Waals surface area contributed by atoms with Gasteiger partial charge in [-0.05, 0) is 25.8 Å². The van der Waals surface area contributed by atoms with E-state index in [2.05, 4.69) is 5.43 Å². The van der Waals surface area contributed by atoms with Crippen LogP contribution in [0.3, 0.4) is 0 Å². The number of nitrogens with zero attached hydrogens (tertiary/aromatic N) is 1. The Kier molecular flexibility index (Phi) is 3.26. The minimum atomic E-state index is 0.101. The van der Waals surface area contributed by atoms with Crippen molar-refractivity contribution in [2.24, 2.45) is 5.73 Å². The lowest BCUT2D eigenvalue weighted by Gasteiger charge is -2.33. The summed E-state index contributed by atoms with van der Waals surface area (Å²) in [6, 6.07) is 0. The second kappa shape index (κ2) is 4.49. The topological polar surface area (TPSA) is 58.4 Å². The molecule has 1 saturated heterocycles. The molecule has 1 aliphatic carbocycles. The van der Waals surface area contributed by atoms with Crippen molar-refractivity contribution in [1.82, 2.24) is 10.4 Å². The van der Waals surface area contributed by atoms with Crippen molar-refractivity contribution >= 4 is 5.91 Å². The maximum absolute atomic E-state index is 11.8. The van der Waals surface area contributed by atoms with Crippen molar-refractivity contribution < 1.29 is 4.79 Å². The van der Waals surface area contributed by atoms with E-state index in [-0.39, 0.29) is 11.4 Å². The van der Waals surface area contributed by atoms with E-state index >= 15 is 0 Å². The number of nitrogens with two attached hydrogens (primary N) is 1. The van der Waals surface area contributed by atoms with E-state index in [0.29, 0.717) is 13.0 Å². The van der Waals surface area contributed by atoms with E-state index in [9.17, 15) is 4.79 Å². The SMILES string of the molecule is NCCCN1NC2(CCCCC2)CC1=O. The van der Waals surface area contributed by atoms with Crippen molar-refractivity contribution in [3.8, 4) is 0 Å². The van der Waals surface area contributed by atoms with Gasteiger partial charge in [-0.2, -0.15) is 0 Å². The molecule has 1 amide bonds. The molecule has 0 aromatic rings. The van der Waals surface area contributed by atoms with Crippen LogP contribution in [0.15, 0.2) is 0 Å². The average molecular weight is 211 g/mol. The Morgan fingerprint density at radius 2 is 2.07 bits per heavy atom. The molecule has 0 radical (unpaired) electrons. The standard InChI is InChI=1S/C11H21N3O/c12-7-4-8-14-10(15)9-11(13-14)5-2-1-3-6-11/h13H,1-9,12H2. The first-order valence-corrected chi connectivity index (χ1v) is 6.04. The molecule has 1 saturated carbocycles. The van der Waals surface area contributed by atoms with Crippen molar-refractivity contribution in [3.05, 3.63) is 0 Å². The van der Waals surface area contributed by atoms with Gasteiger partial charge in [-0.1, -0.05) is 19.3 Å². The molecule has 0 aromatic heterocycles. The molecule has 1 heterocycles. The first-order valence-electron chi connectivity index (χ1n) is 6.04. The zero-order chi connectivity index (χ0) is 10.7. The van der Waals surface area contributed by atoms with Gasteiger partial charge in [0.05, 0.1) is 0 Å². The Labute approximate surface area is 91.2 Å². The zero-order valence-electron chi connectivity index (χ0n) is 9.30. The summed E-state index contributed by atoms with van der Waals surface area (Å²) in [6.07, 6.45) is 7.71. The highest BCUT2D eigenvalue weighted by Crippen LogP contribution is 2.35. The van der Waals surface area contributed by atoms with Gasteiger partial charge in [-0.15, -0.1) is 0 Å². The molecular weight excluding hydrogens is 190 g/mol. The highest BCUT2D eigenvalue weighted by Gasteiger charge is 2.42. The number of carbonyl (C=O) groups excluding carboxylic acids is 1. The van der Waals surface area contributed by atoms with Gasteiger partial charge in [-0.25, -0.2) is 5.43 Å². The van der Waals surface area contributed by atoms with Crippen LogP contribution in [0, 0.1) is 0 Å². The summed E-state index contributed by atoms with van der Waals surface area (Å²) in [4.78, 5) is 11.8. The zero-order valence-corrected chi connectivity index (χ0v) is 9.30. The minimum absolute atomic E-state index is 0.101. The van der Waals surface area contributed by atoms with Gasteiger partial charge < -0.3 is 5.73 Å². The Hall–Kier alpha value is -0.610. The molecule has 4 heteroatoms. The maximum atomic E-state index is 11.8. The summed E-state index contributed by atoms with van der Waals surface area (Å²) in [5, 5.41) is 1.79. The Morgan fingerprint density at radius 3 is 2.73 bits per heavy atom. The molecule has 86 valence electrons. The highest BCUT2D eigenvalue weighted by molar-refractivity contribution is 5.79. The first kappa shape index (κ1) is 10.9. The Balaban J connectivity index is 1.92. The fourth-order valence-corrected chi connectivity index (χ4v) is 2.72. The fourth-order valence-electron chi connectivity index (χ4n) is 2.72. The third kappa shape index (κ3) is 2.32. The number of amides is 1. The summed E-state index contributed by atoms with van der Waals surface area (Å²) in [6.45, 7) is 1.41. The van der Waals surface area contributed by atoms with Gasteiger partial charge in [0.15, 0.2) is 0 Å². The third-order valence-electron chi connectivity index (χ3n) is 3.56. The summed E-state index contributed by atoms with van der Waals surface area (Å²) in [5.41, 5.74) is 8.98. The number of carbonyl (C=O) groups is 1. The summed E-state index contributed by atoms with van der Waals surface area (Å²) < 4.78 is 0. The van der Waals surface area contributed by atoms with Crippen LogP contribution in [0.25, 0.3) is 0 Å². The van der Waals surface area contributed by atoms with Crippen LogP contribution in [0.1, 0.15) is 44.9 Å². The molecule has 0 atom stereocenters. The lowest BCUT2D eigenvalue weighted by atomic mass is 9.81. The van der Waals surface area contributed by atoms with E-state index in [4.69, 9.17) is 5.73 Å². The summed E-state index contributed by atoms with van der Waals surface area (Å²) in [7, 11) is 0. The maximum Gasteiger partial charge on any atom is 0.238 e. The van der Waals surface area contributed by atoms with Crippen LogP contribution < -0.4 is 11.2 Å². The largest absolute Gasteiger partial charge is 0.330 e. The van der Waals surface area contributed by atoms with Crippen LogP contribution in [-0.2, 0) is 4.79 Å². The van der Waals surface area contributed by atoms with Crippen LogP contribution in [0.2, 0.25) is 0 Å². The van der Waals surface area contributed by atoms with Crippen molar-refractivity contribution in [2.45, 2.75) is 50.5 Å². The predicted molar refractivity (Wildman–Crippen MR) is 59.0 cm³/mol. The van der Waals surface area contributed by atoms with E-state index in [1.807, 2.05) is 0 Å². The van der Waals surface area contributed by atoms with Crippen LogP contribution in [0.4, 0.5) is 0 Å². The smallest absolute Gasteiger partial charge is 0.238 e.